The van der Waals surface area contributed by atoms with Gasteiger partial charge in [0, 0.05) is 26.3 Å². The third kappa shape index (κ3) is 15.3. The molecule has 0 aliphatic rings. The molecule has 0 unspecified atom stereocenters. The van der Waals surface area contributed by atoms with Crippen molar-refractivity contribution in [1.29, 1.82) is 0 Å². The lowest BCUT2D eigenvalue weighted by Gasteiger charge is -2.25. The van der Waals surface area contributed by atoms with Crippen LogP contribution in [-0.4, -0.2) is 66.4 Å². The fourth-order valence-corrected chi connectivity index (χ4v) is 6.25. The van der Waals surface area contributed by atoms with E-state index < -0.39 is 53.9 Å². The summed E-state index contributed by atoms with van der Waals surface area (Å²) >= 11 is 0. The molecule has 15 heteroatoms. The molecule has 5 aromatic carbocycles. The molecule has 7 N–H and O–H groups in total. The zero-order valence-corrected chi connectivity index (χ0v) is 33.7. The lowest BCUT2D eigenvalue weighted by atomic mass is 10.0. The zero-order chi connectivity index (χ0) is 43.4. The maximum absolute atomic E-state index is 14.0. The normalized spacial score (nSPS) is 12.1. The first-order chi connectivity index (χ1) is 29.5. The number of fused-ring (bicyclic) bond motifs is 1. The van der Waals surface area contributed by atoms with Crippen LogP contribution in [0.3, 0.4) is 0 Å². The van der Waals surface area contributed by atoms with Crippen molar-refractivity contribution in [1.82, 2.24) is 26.6 Å². The number of guanidine groups is 1. The first-order valence-corrected chi connectivity index (χ1v) is 19.7. The minimum absolute atomic E-state index is 0.0230. The number of nitrogens with two attached hydrogens (primary N) is 1. The summed E-state index contributed by atoms with van der Waals surface area (Å²) in [7, 11) is 0. The summed E-state index contributed by atoms with van der Waals surface area (Å²) in [6.07, 6.45) is -1.48. The highest BCUT2D eigenvalue weighted by molar-refractivity contribution is 6.01. The van der Waals surface area contributed by atoms with Gasteiger partial charge in [0.1, 0.15) is 31.3 Å². The molecular formula is C46H49N7O8. The number of ether oxygens (including phenoxy) is 2. The van der Waals surface area contributed by atoms with Crippen molar-refractivity contribution in [3.05, 3.63) is 156 Å². The second kappa shape index (κ2) is 23.1. The highest BCUT2D eigenvalue weighted by Gasteiger charge is 2.29. The van der Waals surface area contributed by atoms with Crippen LogP contribution in [0, 0.1) is 0 Å². The molecule has 0 aliphatic heterocycles. The maximum atomic E-state index is 14.0. The highest BCUT2D eigenvalue weighted by atomic mass is 16.6. The third-order valence-electron chi connectivity index (χ3n) is 9.31. The van der Waals surface area contributed by atoms with E-state index in [0.717, 1.165) is 33.0 Å². The van der Waals surface area contributed by atoms with Crippen molar-refractivity contribution in [2.45, 2.75) is 63.9 Å². The second-order valence-electron chi connectivity index (χ2n) is 14.1. The number of alkyl carbamates (subject to hydrolysis) is 2. The van der Waals surface area contributed by atoms with E-state index in [1.807, 2.05) is 72.8 Å². The molecule has 61 heavy (non-hydrogen) atoms. The van der Waals surface area contributed by atoms with Crippen LogP contribution in [0.25, 0.3) is 10.8 Å². The van der Waals surface area contributed by atoms with Gasteiger partial charge < -0.3 is 31.2 Å². The van der Waals surface area contributed by atoms with Gasteiger partial charge in [-0.15, -0.1) is 0 Å². The van der Waals surface area contributed by atoms with Gasteiger partial charge in [-0.2, -0.15) is 0 Å². The predicted octanol–water partition coefficient (Wildman–Crippen LogP) is 4.57. The van der Waals surface area contributed by atoms with Crippen LogP contribution in [0.5, 0.6) is 0 Å². The number of nitrogens with one attached hydrogen (secondary N) is 5. The summed E-state index contributed by atoms with van der Waals surface area (Å²) in [6, 6.07) is 37.0. The molecule has 0 heterocycles. The smallest absolute Gasteiger partial charge is 0.414 e. The largest absolute Gasteiger partial charge is 0.444 e. The Hall–Kier alpha value is -7.55. The van der Waals surface area contributed by atoms with Gasteiger partial charge in [0.05, 0.1) is 0 Å². The number of nitrogens with zero attached hydrogens (tertiary/aromatic N) is 1. The molecule has 0 aliphatic carbocycles. The van der Waals surface area contributed by atoms with Crippen molar-refractivity contribution in [3.8, 4) is 0 Å². The molecular weight excluding hydrogens is 779 g/mol. The van der Waals surface area contributed by atoms with Crippen LogP contribution >= 0.6 is 0 Å². The van der Waals surface area contributed by atoms with Gasteiger partial charge in [-0.3, -0.25) is 34.8 Å². The van der Waals surface area contributed by atoms with Gasteiger partial charge in [0.15, 0.2) is 0 Å². The summed E-state index contributed by atoms with van der Waals surface area (Å²) in [5.74, 6) is -2.85. The topological polar surface area (TPSA) is 219 Å². The molecule has 0 radical (unpaired) electrons. The van der Waals surface area contributed by atoms with Crippen LogP contribution in [0.2, 0.25) is 0 Å². The van der Waals surface area contributed by atoms with E-state index in [1.165, 1.54) is 6.92 Å². The molecule has 0 bridgehead atoms. The Labute approximate surface area is 353 Å². The number of hydrogen-bond donors (Lipinski definition) is 6. The van der Waals surface area contributed by atoms with Crippen LogP contribution in [0.4, 0.5) is 9.59 Å². The van der Waals surface area contributed by atoms with Gasteiger partial charge in [0.25, 0.3) is 0 Å². The highest BCUT2D eigenvalue weighted by Crippen LogP contribution is 2.17. The average Bonchev–Trinajstić information content (AvgIpc) is 3.26. The van der Waals surface area contributed by atoms with E-state index in [1.54, 1.807) is 60.7 Å². The van der Waals surface area contributed by atoms with Gasteiger partial charge in [-0.25, -0.2) is 9.59 Å². The second-order valence-corrected chi connectivity index (χ2v) is 14.1. The summed E-state index contributed by atoms with van der Waals surface area (Å²) in [6.45, 7) is 1.12. The number of rotatable bonds is 18. The first kappa shape index (κ1) is 44.6. The van der Waals surface area contributed by atoms with Crippen molar-refractivity contribution < 1.29 is 38.2 Å². The van der Waals surface area contributed by atoms with E-state index in [-0.39, 0.29) is 51.4 Å². The van der Waals surface area contributed by atoms with E-state index in [0.29, 0.717) is 0 Å². The standard InChI is InChI=1S/C46H49N7O8/c1-31(54)49-40(27-32-14-5-2-6-15-32)43(57)50-38(42(56)51-39(41(47)55)28-35-23-24-36-20-11-12-21-37(36)26-35)22-13-25-48-44(52-45(58)60-29-33-16-7-3-8-17-33)53-46(59)61-30-34-18-9-4-10-19-34/h2-12,14-21,23-24,26,38-40H,13,22,25,27-30H2,1H3,(H2,47,55)(H,49,54)(H,50,57)(H,51,56)(H2,48,52,53,58,59)/t38-,39-,40+/m0/s1. The van der Waals surface area contributed by atoms with Gasteiger partial charge >= 0.3 is 12.2 Å². The molecule has 0 saturated heterocycles. The van der Waals surface area contributed by atoms with Crippen LogP contribution in [0.1, 0.15) is 42.0 Å². The fraction of sp³-hybridized carbons (Fsp3) is 0.239. The molecule has 0 spiro atoms. The number of hydrogen-bond acceptors (Lipinski definition) is 9. The minimum atomic E-state index is -1.23. The number of aliphatic imine (C=N–C) groups is 1. The Morgan fingerprint density at radius 2 is 1.05 bits per heavy atom. The Bertz CT molecular complexity index is 2230. The summed E-state index contributed by atoms with van der Waals surface area (Å²) in [4.78, 5) is 82.6. The zero-order valence-electron chi connectivity index (χ0n) is 33.7. The molecule has 0 saturated carbocycles. The van der Waals surface area contributed by atoms with Crippen molar-refractivity contribution >= 4 is 52.5 Å². The Kier molecular flexibility index (Phi) is 16.9. The quantitative estimate of drug-likeness (QED) is 0.0417. The SMILES string of the molecule is CC(=O)N[C@H](Cc1ccccc1)C(=O)N[C@@H](CCCN=C(NC(=O)OCc1ccccc1)NC(=O)OCc1ccccc1)C(=O)N[C@@H](Cc1ccc2ccccc2c1)C(N)=O. The monoisotopic (exact) mass is 827 g/mol. The number of primary amides is 1. The Morgan fingerprint density at radius 3 is 1.61 bits per heavy atom. The van der Waals surface area contributed by atoms with Gasteiger partial charge in [-0.05, 0) is 45.9 Å². The Morgan fingerprint density at radius 1 is 0.557 bits per heavy atom. The summed E-state index contributed by atoms with van der Waals surface area (Å²) in [5.41, 5.74) is 8.78. The molecule has 5 rings (SSSR count). The van der Waals surface area contributed by atoms with E-state index >= 15 is 0 Å². The fourth-order valence-electron chi connectivity index (χ4n) is 6.25. The minimum Gasteiger partial charge on any atom is -0.444 e. The predicted molar refractivity (Wildman–Crippen MR) is 230 cm³/mol. The molecule has 15 nitrogen and oxygen atoms in total. The third-order valence-corrected chi connectivity index (χ3v) is 9.31. The van der Waals surface area contributed by atoms with Crippen LogP contribution in [-0.2, 0) is 54.7 Å². The van der Waals surface area contributed by atoms with Crippen LogP contribution in [0.15, 0.2) is 138 Å². The molecule has 5 aromatic rings. The van der Waals surface area contributed by atoms with Gasteiger partial charge in [0.2, 0.25) is 29.6 Å². The lowest BCUT2D eigenvalue weighted by Crippen LogP contribution is -2.57. The lowest BCUT2D eigenvalue weighted by molar-refractivity contribution is -0.133. The van der Waals surface area contributed by atoms with E-state index in [2.05, 4.69) is 31.6 Å². The molecule has 6 amide bonds. The molecule has 3 atom stereocenters. The van der Waals surface area contributed by atoms with Crippen molar-refractivity contribution in [2.24, 2.45) is 10.7 Å². The number of amides is 6. The summed E-state index contributed by atoms with van der Waals surface area (Å²) in [5, 5.41) is 14.9. The number of carbonyl (C=O) groups excluding carboxylic acids is 6. The van der Waals surface area contributed by atoms with E-state index in [9.17, 15) is 28.8 Å². The van der Waals surface area contributed by atoms with Gasteiger partial charge in [-0.1, -0.05) is 133 Å². The first-order valence-electron chi connectivity index (χ1n) is 19.7. The molecule has 0 fully saturated rings. The average molecular weight is 828 g/mol. The molecule has 0 aromatic heterocycles. The number of carbonyl (C=O) groups is 6. The maximum Gasteiger partial charge on any atom is 0.414 e. The van der Waals surface area contributed by atoms with Crippen molar-refractivity contribution in [2.75, 3.05) is 6.54 Å². The van der Waals surface area contributed by atoms with Crippen molar-refractivity contribution in [3.63, 3.8) is 0 Å². The van der Waals surface area contributed by atoms with Crippen LogP contribution < -0.4 is 32.3 Å². The molecule has 316 valence electrons. The number of benzene rings is 5. The Balaban J connectivity index is 1.31. The summed E-state index contributed by atoms with van der Waals surface area (Å²) < 4.78 is 10.6. The van der Waals surface area contributed by atoms with E-state index in [4.69, 9.17) is 15.2 Å².